The fourth-order valence-electron chi connectivity index (χ4n) is 2.34. The maximum Gasteiger partial charge on any atom is 0.259 e. The number of aromatic nitrogens is 2. The molecule has 132 valence electrons. The Bertz CT molecular complexity index is 778. The summed E-state index contributed by atoms with van der Waals surface area (Å²) >= 11 is 0. The summed E-state index contributed by atoms with van der Waals surface area (Å²) in [5, 5.41) is 0.386. The number of fused-ring (bicyclic) bond motifs is 1. The van der Waals surface area contributed by atoms with Crippen molar-refractivity contribution in [3.8, 4) is 17.2 Å². The van der Waals surface area contributed by atoms with E-state index in [1.54, 1.807) is 6.07 Å². The molecule has 0 spiro atoms. The molecule has 1 heterocycles. The van der Waals surface area contributed by atoms with E-state index in [9.17, 15) is 4.79 Å². The van der Waals surface area contributed by atoms with E-state index in [0.29, 0.717) is 40.4 Å². The highest BCUT2D eigenvalue weighted by Gasteiger charge is 2.22. The third kappa shape index (κ3) is 3.79. The van der Waals surface area contributed by atoms with Crippen molar-refractivity contribution in [2.45, 2.75) is 39.2 Å². The summed E-state index contributed by atoms with van der Waals surface area (Å²) in [6.45, 7) is 5.96. The minimum atomic E-state index is -0.548. The van der Waals surface area contributed by atoms with Crippen LogP contribution in [0.3, 0.4) is 0 Å². The van der Waals surface area contributed by atoms with Gasteiger partial charge in [-0.3, -0.25) is 4.79 Å². The molecule has 0 aliphatic rings. The predicted molar refractivity (Wildman–Crippen MR) is 93.2 cm³/mol. The van der Waals surface area contributed by atoms with Gasteiger partial charge in [0.25, 0.3) is 5.56 Å². The quantitative estimate of drug-likeness (QED) is 0.803. The highest BCUT2D eigenvalue weighted by Crippen LogP contribution is 2.42. The highest BCUT2D eigenvalue weighted by atomic mass is 16.5. The number of aromatic amines is 1. The second-order valence-electron chi connectivity index (χ2n) is 6.38. The summed E-state index contributed by atoms with van der Waals surface area (Å²) < 4.78 is 16.7. The van der Waals surface area contributed by atoms with Gasteiger partial charge in [-0.1, -0.05) is 6.92 Å². The van der Waals surface area contributed by atoms with Crippen molar-refractivity contribution in [3.63, 3.8) is 0 Å². The molecule has 0 saturated carbocycles. The number of nitrogens with two attached hydrogens (primary N) is 1. The van der Waals surface area contributed by atoms with Crippen molar-refractivity contribution >= 4 is 10.9 Å². The first-order valence-corrected chi connectivity index (χ1v) is 7.90. The van der Waals surface area contributed by atoms with Gasteiger partial charge in [0.05, 0.1) is 19.6 Å². The molecule has 7 nitrogen and oxygen atoms in total. The average Bonchev–Trinajstić information content (AvgIpc) is 2.51. The number of methoxy groups -OCH3 is 2. The Morgan fingerprint density at radius 1 is 1.25 bits per heavy atom. The van der Waals surface area contributed by atoms with E-state index < -0.39 is 5.54 Å². The van der Waals surface area contributed by atoms with Crippen LogP contribution in [0, 0.1) is 0 Å². The maximum atomic E-state index is 12.4. The van der Waals surface area contributed by atoms with Crippen LogP contribution in [0.5, 0.6) is 17.2 Å². The van der Waals surface area contributed by atoms with Gasteiger partial charge in [-0.2, -0.15) is 0 Å². The van der Waals surface area contributed by atoms with E-state index in [-0.39, 0.29) is 12.2 Å². The maximum absolute atomic E-state index is 12.4. The first kappa shape index (κ1) is 18.1. The number of nitrogens with zero attached hydrogens (tertiary/aromatic N) is 1. The molecule has 2 aromatic rings. The number of hydrogen-bond donors (Lipinski definition) is 2. The van der Waals surface area contributed by atoms with Crippen LogP contribution in [0.25, 0.3) is 10.9 Å². The molecule has 2 rings (SSSR count). The average molecular weight is 335 g/mol. The SMILES string of the molecule is CCCc1nc2c(OCC(C)(C)N)c(OC)c(OC)cc2c(=O)[nH]1. The smallest absolute Gasteiger partial charge is 0.259 e. The number of aryl methyl sites for hydroxylation is 1. The first-order valence-electron chi connectivity index (χ1n) is 7.90. The minimum Gasteiger partial charge on any atom is -0.493 e. The Morgan fingerprint density at radius 2 is 1.96 bits per heavy atom. The molecule has 1 aromatic carbocycles. The summed E-state index contributed by atoms with van der Waals surface area (Å²) in [6, 6.07) is 1.61. The van der Waals surface area contributed by atoms with Crippen LogP contribution in [0.15, 0.2) is 10.9 Å². The zero-order valence-electron chi connectivity index (χ0n) is 14.9. The van der Waals surface area contributed by atoms with Gasteiger partial charge in [0, 0.05) is 12.0 Å². The van der Waals surface area contributed by atoms with E-state index in [1.165, 1.54) is 14.2 Å². The third-order valence-corrected chi connectivity index (χ3v) is 3.42. The van der Waals surface area contributed by atoms with Crippen molar-refractivity contribution in [1.29, 1.82) is 0 Å². The molecule has 7 heteroatoms. The van der Waals surface area contributed by atoms with E-state index in [2.05, 4.69) is 9.97 Å². The van der Waals surface area contributed by atoms with Gasteiger partial charge < -0.3 is 24.9 Å². The molecule has 0 atom stereocenters. The van der Waals surface area contributed by atoms with Crippen molar-refractivity contribution in [1.82, 2.24) is 9.97 Å². The van der Waals surface area contributed by atoms with Crippen molar-refractivity contribution < 1.29 is 14.2 Å². The molecule has 0 fully saturated rings. The molecule has 0 unspecified atom stereocenters. The van der Waals surface area contributed by atoms with Gasteiger partial charge in [0.2, 0.25) is 5.75 Å². The Morgan fingerprint density at radius 3 is 2.50 bits per heavy atom. The molecular formula is C17H25N3O4. The fraction of sp³-hybridized carbons (Fsp3) is 0.529. The van der Waals surface area contributed by atoms with E-state index >= 15 is 0 Å². The van der Waals surface area contributed by atoms with Crippen LogP contribution in [0.4, 0.5) is 0 Å². The minimum absolute atomic E-state index is 0.235. The van der Waals surface area contributed by atoms with Crippen molar-refractivity contribution in [2.75, 3.05) is 20.8 Å². The van der Waals surface area contributed by atoms with Crippen LogP contribution < -0.4 is 25.5 Å². The third-order valence-electron chi connectivity index (χ3n) is 3.42. The summed E-state index contributed by atoms with van der Waals surface area (Å²) in [5.41, 5.74) is 5.68. The van der Waals surface area contributed by atoms with Gasteiger partial charge >= 0.3 is 0 Å². The monoisotopic (exact) mass is 335 g/mol. The number of nitrogens with one attached hydrogen (secondary N) is 1. The lowest BCUT2D eigenvalue weighted by Crippen LogP contribution is -2.38. The summed E-state index contributed by atoms with van der Waals surface area (Å²) in [7, 11) is 3.03. The lowest BCUT2D eigenvalue weighted by molar-refractivity contribution is 0.232. The molecule has 0 aliphatic carbocycles. The predicted octanol–water partition coefficient (Wildman–Crippen LogP) is 2.01. The van der Waals surface area contributed by atoms with E-state index in [1.807, 2.05) is 20.8 Å². The van der Waals surface area contributed by atoms with Crippen LogP contribution in [-0.4, -0.2) is 36.3 Å². The second kappa shape index (κ2) is 7.09. The van der Waals surface area contributed by atoms with Gasteiger partial charge in [0.1, 0.15) is 17.9 Å². The van der Waals surface area contributed by atoms with Gasteiger partial charge in [-0.05, 0) is 26.3 Å². The zero-order chi connectivity index (χ0) is 17.9. The largest absolute Gasteiger partial charge is 0.493 e. The lowest BCUT2D eigenvalue weighted by atomic mass is 10.1. The molecule has 3 N–H and O–H groups in total. The first-order chi connectivity index (χ1) is 11.3. The molecule has 0 radical (unpaired) electrons. The summed E-state index contributed by atoms with van der Waals surface area (Å²) in [6.07, 6.45) is 1.54. The molecular weight excluding hydrogens is 310 g/mol. The Balaban J connectivity index is 2.73. The molecule has 0 saturated heterocycles. The molecule has 0 bridgehead atoms. The Kier molecular flexibility index (Phi) is 5.33. The molecule has 0 aliphatic heterocycles. The topological polar surface area (TPSA) is 99.5 Å². The number of hydrogen-bond acceptors (Lipinski definition) is 6. The molecule has 24 heavy (non-hydrogen) atoms. The van der Waals surface area contributed by atoms with Crippen molar-refractivity contribution in [2.24, 2.45) is 5.73 Å². The standard InChI is InChI=1S/C17H25N3O4/c1-6-7-12-19-13-10(16(21)20-12)8-11(22-4)14(23-5)15(13)24-9-17(2,3)18/h8H,6-7,9,18H2,1-5H3,(H,19,20,21). The Labute approximate surface area is 141 Å². The molecule has 1 aromatic heterocycles. The van der Waals surface area contributed by atoms with Crippen LogP contribution >= 0.6 is 0 Å². The van der Waals surface area contributed by atoms with Crippen LogP contribution in [0.2, 0.25) is 0 Å². The fourth-order valence-corrected chi connectivity index (χ4v) is 2.34. The van der Waals surface area contributed by atoms with Gasteiger partial charge in [-0.25, -0.2) is 4.98 Å². The normalized spacial score (nSPS) is 11.6. The highest BCUT2D eigenvalue weighted by molar-refractivity contribution is 5.89. The summed E-state index contributed by atoms with van der Waals surface area (Å²) in [5.74, 6) is 1.79. The van der Waals surface area contributed by atoms with Crippen molar-refractivity contribution in [3.05, 3.63) is 22.2 Å². The number of benzene rings is 1. The van der Waals surface area contributed by atoms with Gasteiger partial charge in [-0.15, -0.1) is 0 Å². The molecule has 0 amide bonds. The van der Waals surface area contributed by atoms with Gasteiger partial charge in [0.15, 0.2) is 11.5 Å². The Hall–Kier alpha value is -2.28. The number of ether oxygens (including phenoxy) is 3. The van der Waals surface area contributed by atoms with Crippen LogP contribution in [-0.2, 0) is 6.42 Å². The van der Waals surface area contributed by atoms with E-state index in [0.717, 1.165) is 6.42 Å². The van der Waals surface area contributed by atoms with E-state index in [4.69, 9.17) is 19.9 Å². The second-order valence-corrected chi connectivity index (χ2v) is 6.38. The number of rotatable bonds is 7. The summed E-state index contributed by atoms with van der Waals surface area (Å²) in [4.78, 5) is 19.8. The van der Waals surface area contributed by atoms with Crippen LogP contribution in [0.1, 0.15) is 33.0 Å². The zero-order valence-corrected chi connectivity index (χ0v) is 14.9. The number of H-pyrrole nitrogens is 1. The lowest BCUT2D eigenvalue weighted by Gasteiger charge is -2.21.